The van der Waals surface area contributed by atoms with Crippen molar-refractivity contribution in [2.24, 2.45) is 0 Å². The molecule has 0 bridgehead atoms. The molecule has 0 saturated heterocycles. The fourth-order valence-corrected chi connectivity index (χ4v) is 3.46. The summed E-state index contributed by atoms with van der Waals surface area (Å²) in [4.78, 5) is 12.7. The Bertz CT molecular complexity index is 1030. The topological polar surface area (TPSA) is 52.5 Å². The van der Waals surface area contributed by atoms with Gasteiger partial charge >= 0.3 is 0 Å². The molecule has 1 atom stereocenters. The Morgan fingerprint density at radius 2 is 1.86 bits per heavy atom. The molecule has 1 N–H and O–H groups in total. The lowest BCUT2D eigenvalue weighted by Crippen LogP contribution is -2.40. The third-order valence-corrected chi connectivity index (χ3v) is 4.83. The molecule has 1 amide bonds. The van der Waals surface area contributed by atoms with E-state index < -0.39 is 0 Å². The van der Waals surface area contributed by atoms with Gasteiger partial charge in [-0.1, -0.05) is 24.3 Å². The highest BCUT2D eigenvalue weighted by Crippen LogP contribution is 2.30. The summed E-state index contributed by atoms with van der Waals surface area (Å²) >= 11 is 0. The normalized spacial score (nSPS) is 15.3. The number of para-hydroxylation sites is 3. The number of amides is 1. The number of hydrogen-bond acceptors (Lipinski definition) is 3. The van der Waals surface area contributed by atoms with Crippen LogP contribution in [-0.2, 0) is 0 Å². The highest BCUT2D eigenvalue weighted by Gasteiger charge is 2.23. The Morgan fingerprint density at radius 3 is 2.64 bits per heavy atom. The van der Waals surface area contributed by atoms with E-state index in [-0.39, 0.29) is 17.8 Å². The average Bonchev–Trinajstić information content (AvgIpc) is 3.00. The SMILES string of the molecule is Cc1cc(C(=O)NCC2COc3ccccc3O2)c(C)n1-c1ccccc1F. The summed E-state index contributed by atoms with van der Waals surface area (Å²) in [6.45, 7) is 4.35. The van der Waals surface area contributed by atoms with E-state index in [2.05, 4.69) is 5.32 Å². The van der Waals surface area contributed by atoms with Gasteiger partial charge in [-0.3, -0.25) is 4.79 Å². The molecule has 0 spiro atoms. The molecule has 144 valence electrons. The number of fused-ring (bicyclic) bond motifs is 1. The lowest BCUT2D eigenvalue weighted by Gasteiger charge is -2.26. The molecule has 1 aromatic heterocycles. The van der Waals surface area contributed by atoms with Gasteiger partial charge in [0.2, 0.25) is 0 Å². The van der Waals surface area contributed by atoms with Crippen molar-refractivity contribution in [3.8, 4) is 17.2 Å². The molecule has 1 aliphatic heterocycles. The van der Waals surface area contributed by atoms with Gasteiger partial charge in [0.25, 0.3) is 5.91 Å². The van der Waals surface area contributed by atoms with Crippen molar-refractivity contribution in [2.75, 3.05) is 13.2 Å². The fourth-order valence-electron chi connectivity index (χ4n) is 3.46. The number of nitrogens with zero attached hydrogens (tertiary/aromatic N) is 1. The zero-order valence-corrected chi connectivity index (χ0v) is 15.7. The summed E-state index contributed by atoms with van der Waals surface area (Å²) < 4.78 is 27.5. The van der Waals surface area contributed by atoms with Gasteiger partial charge in [0, 0.05) is 11.4 Å². The molecule has 4 rings (SSSR count). The number of carbonyl (C=O) groups is 1. The standard InChI is InChI=1S/C22H21FN2O3/c1-14-11-17(15(2)25(14)19-8-4-3-7-18(19)23)22(26)24-12-16-13-27-20-9-5-6-10-21(20)28-16/h3-11,16H,12-13H2,1-2H3,(H,24,26). The maximum Gasteiger partial charge on any atom is 0.253 e. The minimum atomic E-state index is -0.331. The number of aryl methyl sites for hydroxylation is 1. The maximum atomic E-state index is 14.2. The molecular weight excluding hydrogens is 359 g/mol. The Morgan fingerprint density at radius 1 is 1.14 bits per heavy atom. The van der Waals surface area contributed by atoms with E-state index in [1.54, 1.807) is 28.8 Å². The number of benzene rings is 2. The van der Waals surface area contributed by atoms with Crippen LogP contribution in [0.2, 0.25) is 0 Å². The average molecular weight is 380 g/mol. The molecule has 0 radical (unpaired) electrons. The van der Waals surface area contributed by atoms with Gasteiger partial charge in [-0.15, -0.1) is 0 Å². The predicted molar refractivity (Wildman–Crippen MR) is 104 cm³/mol. The molecule has 0 saturated carbocycles. The monoisotopic (exact) mass is 380 g/mol. The van der Waals surface area contributed by atoms with Crippen LogP contribution in [0.3, 0.4) is 0 Å². The fraction of sp³-hybridized carbons (Fsp3) is 0.227. The number of aromatic nitrogens is 1. The number of nitrogens with one attached hydrogen (secondary N) is 1. The van der Waals surface area contributed by atoms with Crippen molar-refractivity contribution in [1.82, 2.24) is 9.88 Å². The van der Waals surface area contributed by atoms with E-state index in [4.69, 9.17) is 9.47 Å². The van der Waals surface area contributed by atoms with E-state index in [9.17, 15) is 9.18 Å². The molecule has 3 aromatic rings. The van der Waals surface area contributed by atoms with Gasteiger partial charge in [-0.05, 0) is 44.2 Å². The maximum absolute atomic E-state index is 14.2. The summed E-state index contributed by atoms with van der Waals surface area (Å²) in [7, 11) is 0. The Labute approximate surface area is 162 Å². The summed E-state index contributed by atoms with van der Waals surface area (Å²) in [5, 5.41) is 2.90. The van der Waals surface area contributed by atoms with Crippen molar-refractivity contribution in [1.29, 1.82) is 0 Å². The smallest absolute Gasteiger partial charge is 0.253 e. The van der Waals surface area contributed by atoms with Gasteiger partial charge in [-0.2, -0.15) is 0 Å². The van der Waals surface area contributed by atoms with Gasteiger partial charge in [-0.25, -0.2) is 4.39 Å². The number of halogens is 1. The second kappa shape index (κ2) is 7.38. The highest BCUT2D eigenvalue weighted by atomic mass is 19.1. The van der Waals surface area contributed by atoms with E-state index >= 15 is 0 Å². The molecular formula is C22H21FN2O3. The Hall–Kier alpha value is -3.28. The lowest BCUT2D eigenvalue weighted by atomic mass is 10.2. The van der Waals surface area contributed by atoms with Crippen LogP contribution >= 0.6 is 0 Å². The van der Waals surface area contributed by atoms with Crippen molar-refractivity contribution >= 4 is 5.91 Å². The van der Waals surface area contributed by atoms with Crippen LogP contribution in [0.5, 0.6) is 11.5 Å². The van der Waals surface area contributed by atoms with E-state index in [1.807, 2.05) is 38.1 Å². The summed E-state index contributed by atoms with van der Waals surface area (Å²) in [6.07, 6.45) is -0.270. The first kappa shape index (κ1) is 18.1. The van der Waals surface area contributed by atoms with Crippen LogP contribution < -0.4 is 14.8 Å². The molecule has 0 fully saturated rings. The minimum Gasteiger partial charge on any atom is -0.486 e. The van der Waals surface area contributed by atoms with E-state index in [0.29, 0.717) is 41.6 Å². The summed E-state index contributed by atoms with van der Waals surface area (Å²) in [5.74, 6) is 0.824. The van der Waals surface area contributed by atoms with Gasteiger partial charge in [0.05, 0.1) is 17.8 Å². The number of rotatable bonds is 4. The lowest BCUT2D eigenvalue weighted by molar-refractivity contribution is 0.0789. The summed E-state index contributed by atoms with van der Waals surface area (Å²) in [5.41, 5.74) is 2.42. The molecule has 6 heteroatoms. The molecule has 1 aliphatic rings. The van der Waals surface area contributed by atoms with Gasteiger partial charge in [0.15, 0.2) is 11.5 Å². The van der Waals surface area contributed by atoms with Crippen LogP contribution in [-0.4, -0.2) is 29.7 Å². The number of carbonyl (C=O) groups excluding carboxylic acids is 1. The second-order valence-corrected chi connectivity index (χ2v) is 6.78. The Kier molecular flexibility index (Phi) is 4.77. The number of hydrogen-bond donors (Lipinski definition) is 1. The first-order valence-electron chi connectivity index (χ1n) is 9.15. The molecule has 2 heterocycles. The zero-order valence-electron chi connectivity index (χ0n) is 15.7. The van der Waals surface area contributed by atoms with Gasteiger partial charge in [0.1, 0.15) is 18.5 Å². The molecule has 2 aromatic carbocycles. The highest BCUT2D eigenvalue weighted by molar-refractivity contribution is 5.96. The van der Waals surface area contributed by atoms with Crippen molar-refractivity contribution in [3.05, 3.63) is 77.4 Å². The Balaban J connectivity index is 1.48. The first-order valence-corrected chi connectivity index (χ1v) is 9.15. The molecule has 28 heavy (non-hydrogen) atoms. The van der Waals surface area contributed by atoms with E-state index in [0.717, 1.165) is 5.69 Å². The largest absolute Gasteiger partial charge is 0.486 e. The van der Waals surface area contributed by atoms with Crippen molar-refractivity contribution in [2.45, 2.75) is 20.0 Å². The zero-order chi connectivity index (χ0) is 19.7. The van der Waals surface area contributed by atoms with Crippen molar-refractivity contribution < 1.29 is 18.7 Å². The van der Waals surface area contributed by atoms with Crippen LogP contribution in [0.25, 0.3) is 5.69 Å². The quantitative estimate of drug-likeness (QED) is 0.749. The van der Waals surface area contributed by atoms with Crippen LogP contribution in [0.15, 0.2) is 54.6 Å². The third kappa shape index (κ3) is 3.33. The predicted octanol–water partition coefficient (Wildman–Crippen LogP) is 3.80. The molecule has 5 nitrogen and oxygen atoms in total. The number of ether oxygens (including phenoxy) is 2. The third-order valence-electron chi connectivity index (χ3n) is 4.83. The van der Waals surface area contributed by atoms with Crippen LogP contribution in [0.1, 0.15) is 21.7 Å². The van der Waals surface area contributed by atoms with Crippen LogP contribution in [0.4, 0.5) is 4.39 Å². The first-order chi connectivity index (χ1) is 13.5. The van der Waals surface area contributed by atoms with E-state index in [1.165, 1.54) is 6.07 Å². The second-order valence-electron chi connectivity index (χ2n) is 6.78. The van der Waals surface area contributed by atoms with Crippen molar-refractivity contribution in [3.63, 3.8) is 0 Å². The van der Waals surface area contributed by atoms with Crippen LogP contribution in [0, 0.1) is 19.7 Å². The molecule has 0 aliphatic carbocycles. The van der Waals surface area contributed by atoms with Gasteiger partial charge < -0.3 is 19.4 Å². The summed E-state index contributed by atoms with van der Waals surface area (Å²) in [6, 6.07) is 15.7. The minimum absolute atomic E-state index is 0.224. The molecule has 1 unspecified atom stereocenters.